The van der Waals surface area contributed by atoms with Gasteiger partial charge in [-0.25, -0.2) is 0 Å². The van der Waals surface area contributed by atoms with E-state index in [1.165, 1.54) is 16.7 Å². The van der Waals surface area contributed by atoms with Gasteiger partial charge in [0.1, 0.15) is 6.29 Å². The first-order valence-electron chi connectivity index (χ1n) is 6.15. The SMILES string of the molecule is Cc1[c-]c(C)cc(C2CCC(C=O)CC2)c1.[Y+3]. The number of hydrogen-bond acceptors (Lipinski definition) is 1. The van der Waals surface area contributed by atoms with E-state index in [1.807, 2.05) is 0 Å². The van der Waals surface area contributed by atoms with Gasteiger partial charge in [0.05, 0.1) is 0 Å². The second-order valence-corrected chi connectivity index (χ2v) is 5.03. The third kappa shape index (κ3) is 4.00. The van der Waals surface area contributed by atoms with E-state index in [1.54, 1.807) is 0 Å². The van der Waals surface area contributed by atoms with Crippen LogP contribution in [0.25, 0.3) is 0 Å². The molecule has 1 aliphatic rings. The van der Waals surface area contributed by atoms with Crippen LogP contribution in [-0.4, -0.2) is 6.29 Å². The third-order valence-electron chi connectivity index (χ3n) is 3.60. The zero-order valence-corrected chi connectivity index (χ0v) is 13.5. The average Bonchev–Trinajstić information content (AvgIpc) is 2.28. The molecule has 1 fully saturated rings. The maximum atomic E-state index is 10.7. The quantitative estimate of drug-likeness (QED) is 0.603. The fraction of sp³-hybridized carbons (Fsp3) is 0.533. The number of rotatable bonds is 2. The van der Waals surface area contributed by atoms with Gasteiger partial charge in [0.15, 0.2) is 0 Å². The van der Waals surface area contributed by atoms with Crippen molar-refractivity contribution in [3.63, 3.8) is 0 Å². The molecule has 0 heterocycles. The van der Waals surface area contributed by atoms with Crippen LogP contribution in [0.4, 0.5) is 0 Å². The molecule has 0 atom stereocenters. The van der Waals surface area contributed by atoms with Gasteiger partial charge in [-0.05, 0) is 31.6 Å². The van der Waals surface area contributed by atoms with Gasteiger partial charge in [-0.1, -0.05) is 13.8 Å². The number of carbonyl (C=O) groups excluding carboxylic acids is 1. The molecule has 2 rings (SSSR count). The summed E-state index contributed by atoms with van der Waals surface area (Å²) in [4.78, 5) is 10.7. The van der Waals surface area contributed by atoms with Crippen molar-refractivity contribution in [1.29, 1.82) is 0 Å². The van der Waals surface area contributed by atoms with Gasteiger partial charge in [-0.3, -0.25) is 0 Å². The standard InChI is InChI=1S/C15H19O.Y/c1-11-7-12(2)9-15(8-11)14-5-3-13(10-16)4-6-14;/h8-10,13-14H,3-6H2,1-2H3;/q-1;+3. The molecule has 0 amide bonds. The first kappa shape index (κ1) is 15.1. The summed E-state index contributed by atoms with van der Waals surface area (Å²) in [7, 11) is 0. The summed E-state index contributed by atoms with van der Waals surface area (Å²) >= 11 is 0. The van der Waals surface area contributed by atoms with Gasteiger partial charge in [0.2, 0.25) is 0 Å². The van der Waals surface area contributed by atoms with E-state index in [9.17, 15) is 4.79 Å². The molecule has 0 aromatic heterocycles. The van der Waals surface area contributed by atoms with E-state index in [4.69, 9.17) is 0 Å². The Morgan fingerprint density at radius 3 is 2.12 bits per heavy atom. The molecule has 0 radical (unpaired) electrons. The van der Waals surface area contributed by atoms with Crippen molar-refractivity contribution in [3.05, 3.63) is 34.9 Å². The molecule has 0 bridgehead atoms. The summed E-state index contributed by atoms with van der Waals surface area (Å²) in [5.74, 6) is 0.969. The van der Waals surface area contributed by atoms with Gasteiger partial charge in [-0.2, -0.15) is 34.9 Å². The Labute approximate surface area is 129 Å². The predicted octanol–water partition coefficient (Wildman–Crippen LogP) is 3.57. The van der Waals surface area contributed by atoms with Crippen LogP contribution in [0.1, 0.15) is 48.3 Å². The number of aryl methyl sites for hydroxylation is 2. The van der Waals surface area contributed by atoms with Crippen molar-refractivity contribution in [1.82, 2.24) is 0 Å². The first-order chi connectivity index (χ1) is 7.69. The van der Waals surface area contributed by atoms with Crippen molar-refractivity contribution in [3.8, 4) is 0 Å². The monoisotopic (exact) mass is 304 g/mol. The molecular weight excluding hydrogens is 285 g/mol. The van der Waals surface area contributed by atoms with Crippen molar-refractivity contribution in [2.24, 2.45) is 5.92 Å². The second-order valence-electron chi connectivity index (χ2n) is 5.03. The Kier molecular flexibility index (Phi) is 6.02. The summed E-state index contributed by atoms with van der Waals surface area (Å²) in [6.07, 6.45) is 5.57. The molecule has 1 aliphatic carbocycles. The summed E-state index contributed by atoms with van der Waals surface area (Å²) in [5.41, 5.74) is 3.90. The Bertz CT molecular complexity index is 358. The molecule has 0 N–H and O–H groups in total. The zero-order chi connectivity index (χ0) is 11.5. The van der Waals surface area contributed by atoms with Crippen LogP contribution in [0.15, 0.2) is 12.1 Å². The Morgan fingerprint density at radius 2 is 1.65 bits per heavy atom. The smallest absolute Gasteiger partial charge is 0.303 e. The average molecular weight is 304 g/mol. The molecule has 0 spiro atoms. The van der Waals surface area contributed by atoms with E-state index < -0.39 is 0 Å². The van der Waals surface area contributed by atoms with Crippen LogP contribution >= 0.6 is 0 Å². The van der Waals surface area contributed by atoms with E-state index in [0.29, 0.717) is 11.8 Å². The molecule has 0 aliphatic heterocycles. The maximum Gasteiger partial charge on any atom is 3.00 e. The molecule has 17 heavy (non-hydrogen) atoms. The summed E-state index contributed by atoms with van der Waals surface area (Å²) in [5, 5.41) is 0. The largest absolute Gasteiger partial charge is 3.00 e. The van der Waals surface area contributed by atoms with E-state index in [0.717, 1.165) is 32.0 Å². The first-order valence-corrected chi connectivity index (χ1v) is 6.15. The Hall–Kier alpha value is -0.00610. The van der Waals surface area contributed by atoms with Gasteiger partial charge in [0.25, 0.3) is 0 Å². The number of aldehydes is 1. The van der Waals surface area contributed by atoms with Crippen LogP contribution in [0.5, 0.6) is 0 Å². The van der Waals surface area contributed by atoms with Crippen LogP contribution in [-0.2, 0) is 37.5 Å². The summed E-state index contributed by atoms with van der Waals surface area (Å²) in [6, 6.07) is 7.81. The molecule has 1 aromatic carbocycles. The number of benzene rings is 1. The fourth-order valence-corrected chi connectivity index (χ4v) is 2.75. The van der Waals surface area contributed by atoms with Gasteiger partial charge < -0.3 is 4.79 Å². The van der Waals surface area contributed by atoms with Crippen LogP contribution < -0.4 is 0 Å². The van der Waals surface area contributed by atoms with Crippen LogP contribution in [0.2, 0.25) is 0 Å². The zero-order valence-electron chi connectivity index (χ0n) is 10.7. The van der Waals surface area contributed by atoms with Gasteiger partial charge in [0, 0.05) is 5.92 Å². The topological polar surface area (TPSA) is 17.1 Å². The third-order valence-corrected chi connectivity index (χ3v) is 3.60. The summed E-state index contributed by atoms with van der Waals surface area (Å²) in [6.45, 7) is 4.21. The Balaban J connectivity index is 0.00000144. The molecule has 86 valence electrons. The van der Waals surface area contributed by atoms with Crippen molar-refractivity contribution in [2.45, 2.75) is 45.4 Å². The molecule has 2 heteroatoms. The van der Waals surface area contributed by atoms with Crippen molar-refractivity contribution >= 4 is 6.29 Å². The minimum absolute atomic E-state index is 0. The number of carbonyl (C=O) groups is 1. The Morgan fingerprint density at radius 1 is 1.12 bits per heavy atom. The minimum atomic E-state index is 0. The molecular formula is C15H19OY+2. The predicted molar refractivity (Wildman–Crippen MR) is 65.5 cm³/mol. The van der Waals surface area contributed by atoms with Gasteiger partial charge in [-0.15, -0.1) is 0 Å². The molecule has 1 saturated carbocycles. The fourth-order valence-electron chi connectivity index (χ4n) is 2.75. The molecule has 1 aromatic rings. The maximum absolute atomic E-state index is 10.7. The molecule has 1 nitrogen and oxygen atoms in total. The summed E-state index contributed by atoms with van der Waals surface area (Å²) < 4.78 is 0. The molecule has 0 saturated heterocycles. The van der Waals surface area contributed by atoms with E-state index >= 15 is 0 Å². The molecule has 0 unspecified atom stereocenters. The van der Waals surface area contributed by atoms with Crippen LogP contribution in [0, 0.1) is 25.8 Å². The number of hydrogen-bond donors (Lipinski definition) is 0. The van der Waals surface area contributed by atoms with Crippen molar-refractivity contribution < 1.29 is 37.5 Å². The minimum Gasteiger partial charge on any atom is -0.303 e. The van der Waals surface area contributed by atoms with E-state index in [-0.39, 0.29) is 32.7 Å². The van der Waals surface area contributed by atoms with E-state index in [2.05, 4.69) is 32.0 Å². The second kappa shape index (κ2) is 6.80. The normalized spacial score (nSPS) is 23.9. The van der Waals surface area contributed by atoms with Crippen molar-refractivity contribution in [2.75, 3.05) is 0 Å². The van der Waals surface area contributed by atoms with Gasteiger partial charge >= 0.3 is 32.7 Å². The van der Waals surface area contributed by atoms with Crippen LogP contribution in [0.3, 0.4) is 0 Å².